The summed E-state index contributed by atoms with van der Waals surface area (Å²) in [6.07, 6.45) is 0.573. The van der Waals surface area contributed by atoms with Crippen LogP contribution in [0.1, 0.15) is 15.9 Å². The first-order valence-electron chi connectivity index (χ1n) is 9.90. The van der Waals surface area contributed by atoms with Gasteiger partial charge in [0.1, 0.15) is 12.4 Å². The highest BCUT2D eigenvalue weighted by Gasteiger charge is 2.27. The molecule has 1 amide bonds. The quantitative estimate of drug-likeness (QED) is 0.268. The van der Waals surface area contributed by atoms with E-state index in [1.54, 1.807) is 30.3 Å². The second-order valence-electron chi connectivity index (χ2n) is 6.91. The summed E-state index contributed by atoms with van der Waals surface area (Å²) in [4.78, 5) is 24.6. The number of ether oxygens (including phenoxy) is 4. The van der Waals surface area contributed by atoms with Crippen LogP contribution in [-0.2, 0) is 4.79 Å². The summed E-state index contributed by atoms with van der Waals surface area (Å²) in [6.45, 7) is 0.0698. The zero-order valence-corrected chi connectivity index (χ0v) is 17.5. The van der Waals surface area contributed by atoms with Gasteiger partial charge in [-0.2, -0.15) is 5.10 Å². The number of carbonyl (C=O) groups is 2. The molecule has 0 fully saturated rings. The molecule has 1 unspecified atom stereocenters. The number of fused-ring (bicyclic) bond motifs is 1. The van der Waals surface area contributed by atoms with Crippen LogP contribution in [0, 0.1) is 5.82 Å². The van der Waals surface area contributed by atoms with Crippen molar-refractivity contribution in [3.05, 3.63) is 83.7 Å². The molecule has 4 rings (SSSR count). The molecule has 33 heavy (non-hydrogen) atoms. The Balaban J connectivity index is 1.37. The number of hydrazone groups is 1. The van der Waals surface area contributed by atoms with Crippen LogP contribution in [0.25, 0.3) is 0 Å². The van der Waals surface area contributed by atoms with Gasteiger partial charge >= 0.3 is 5.97 Å². The van der Waals surface area contributed by atoms with Gasteiger partial charge in [-0.1, -0.05) is 12.1 Å². The topological polar surface area (TPSA) is 95.5 Å². The van der Waals surface area contributed by atoms with Gasteiger partial charge < -0.3 is 18.9 Å². The normalized spacial score (nSPS) is 14.5. The summed E-state index contributed by atoms with van der Waals surface area (Å²) in [5.74, 6) is -0.0374. The number of amides is 1. The number of carbonyl (C=O) groups excluding carboxylic acids is 2. The molecule has 0 spiro atoms. The zero-order valence-electron chi connectivity index (χ0n) is 17.5. The standard InChI is InChI=1S/C24H19FN2O6/c1-30-21-12-15(6-11-20(21)33-24(29)16-7-9-17(25)10-8-16)13-26-27-23(28)22-14-31-18-4-2-3-5-19(18)32-22/h2-13,22H,14H2,1H3,(H,27,28). The van der Waals surface area contributed by atoms with Crippen LogP contribution in [0.4, 0.5) is 4.39 Å². The van der Waals surface area contributed by atoms with Crippen molar-refractivity contribution in [3.63, 3.8) is 0 Å². The lowest BCUT2D eigenvalue weighted by molar-refractivity contribution is -0.130. The minimum atomic E-state index is -0.833. The molecule has 0 aromatic heterocycles. The highest BCUT2D eigenvalue weighted by atomic mass is 19.1. The van der Waals surface area contributed by atoms with E-state index in [2.05, 4.69) is 10.5 Å². The predicted octanol–water partition coefficient (Wildman–Crippen LogP) is 3.34. The van der Waals surface area contributed by atoms with Crippen molar-refractivity contribution in [1.82, 2.24) is 5.43 Å². The molecule has 0 saturated heterocycles. The Morgan fingerprint density at radius 2 is 1.82 bits per heavy atom. The first-order valence-corrected chi connectivity index (χ1v) is 9.90. The molecule has 168 valence electrons. The number of benzene rings is 3. The van der Waals surface area contributed by atoms with Crippen molar-refractivity contribution >= 4 is 18.1 Å². The van der Waals surface area contributed by atoms with Crippen molar-refractivity contribution in [1.29, 1.82) is 0 Å². The van der Waals surface area contributed by atoms with Crippen LogP contribution in [0.2, 0.25) is 0 Å². The number of rotatable bonds is 6. The fourth-order valence-electron chi connectivity index (χ4n) is 2.98. The lowest BCUT2D eigenvalue weighted by Gasteiger charge is -2.24. The number of esters is 1. The summed E-state index contributed by atoms with van der Waals surface area (Å²) in [5, 5.41) is 3.94. The second-order valence-corrected chi connectivity index (χ2v) is 6.91. The maximum absolute atomic E-state index is 13.0. The molecule has 0 aliphatic carbocycles. The van der Waals surface area contributed by atoms with Crippen LogP contribution in [0.3, 0.4) is 0 Å². The number of hydrogen-bond acceptors (Lipinski definition) is 7. The van der Waals surface area contributed by atoms with Crippen molar-refractivity contribution < 1.29 is 32.9 Å². The van der Waals surface area contributed by atoms with Crippen LogP contribution in [-0.4, -0.2) is 37.9 Å². The van der Waals surface area contributed by atoms with Crippen LogP contribution < -0.4 is 24.4 Å². The van der Waals surface area contributed by atoms with E-state index >= 15 is 0 Å². The molecule has 0 radical (unpaired) electrons. The number of nitrogens with one attached hydrogen (secondary N) is 1. The molecule has 0 saturated carbocycles. The molecule has 1 N–H and O–H groups in total. The Kier molecular flexibility index (Phi) is 6.49. The lowest BCUT2D eigenvalue weighted by atomic mass is 10.2. The molecule has 1 aliphatic heterocycles. The van der Waals surface area contributed by atoms with E-state index in [0.29, 0.717) is 17.1 Å². The molecule has 1 aliphatic rings. The Bertz CT molecular complexity index is 1200. The van der Waals surface area contributed by atoms with Gasteiger partial charge in [-0.25, -0.2) is 14.6 Å². The van der Waals surface area contributed by atoms with Gasteiger partial charge in [0.05, 0.1) is 18.9 Å². The molecule has 3 aromatic carbocycles. The van der Waals surface area contributed by atoms with E-state index in [-0.39, 0.29) is 23.7 Å². The minimum Gasteiger partial charge on any atom is -0.493 e. The second kappa shape index (κ2) is 9.82. The third-order valence-corrected chi connectivity index (χ3v) is 4.66. The highest BCUT2D eigenvalue weighted by molar-refractivity contribution is 5.91. The maximum atomic E-state index is 13.0. The van der Waals surface area contributed by atoms with Gasteiger partial charge in [0.2, 0.25) is 6.10 Å². The Hall–Kier alpha value is -4.40. The minimum absolute atomic E-state index is 0.0698. The fourth-order valence-corrected chi connectivity index (χ4v) is 2.98. The lowest BCUT2D eigenvalue weighted by Crippen LogP contribution is -2.42. The van der Waals surface area contributed by atoms with Crippen molar-refractivity contribution in [2.24, 2.45) is 5.10 Å². The molecule has 9 heteroatoms. The Morgan fingerprint density at radius 3 is 2.58 bits per heavy atom. The molecular formula is C24H19FN2O6. The molecule has 3 aromatic rings. The van der Waals surface area contributed by atoms with E-state index < -0.39 is 23.8 Å². The number of nitrogens with zero attached hydrogens (tertiary/aromatic N) is 1. The van der Waals surface area contributed by atoms with Gasteiger partial charge in [-0.05, 0) is 60.2 Å². The van der Waals surface area contributed by atoms with Gasteiger partial charge in [0.25, 0.3) is 5.91 Å². The number of halogens is 1. The van der Waals surface area contributed by atoms with E-state index in [0.717, 1.165) is 0 Å². The van der Waals surface area contributed by atoms with Gasteiger partial charge in [-0.3, -0.25) is 4.79 Å². The highest BCUT2D eigenvalue weighted by Crippen LogP contribution is 2.31. The summed E-state index contributed by atoms with van der Waals surface area (Å²) in [7, 11) is 1.42. The van der Waals surface area contributed by atoms with Gasteiger partial charge in [-0.15, -0.1) is 0 Å². The Morgan fingerprint density at radius 1 is 1.06 bits per heavy atom. The number of para-hydroxylation sites is 2. The molecular weight excluding hydrogens is 431 g/mol. The Labute approximate surface area is 188 Å². The van der Waals surface area contributed by atoms with Gasteiger partial charge in [0, 0.05) is 0 Å². The average molecular weight is 450 g/mol. The van der Waals surface area contributed by atoms with E-state index in [4.69, 9.17) is 18.9 Å². The largest absolute Gasteiger partial charge is 0.493 e. The summed E-state index contributed by atoms with van der Waals surface area (Å²) in [5.41, 5.74) is 3.19. The average Bonchev–Trinajstić information content (AvgIpc) is 2.84. The predicted molar refractivity (Wildman–Crippen MR) is 116 cm³/mol. The van der Waals surface area contributed by atoms with Crippen molar-refractivity contribution in [2.75, 3.05) is 13.7 Å². The summed E-state index contributed by atoms with van der Waals surface area (Å²) in [6, 6.07) is 16.8. The van der Waals surface area contributed by atoms with E-state index in [1.807, 2.05) is 6.07 Å². The summed E-state index contributed by atoms with van der Waals surface area (Å²) < 4.78 is 34.8. The smallest absolute Gasteiger partial charge is 0.343 e. The first kappa shape index (κ1) is 21.8. The van der Waals surface area contributed by atoms with Crippen molar-refractivity contribution in [3.8, 4) is 23.0 Å². The van der Waals surface area contributed by atoms with Crippen LogP contribution in [0.5, 0.6) is 23.0 Å². The van der Waals surface area contributed by atoms with E-state index in [1.165, 1.54) is 43.7 Å². The molecule has 1 atom stereocenters. The maximum Gasteiger partial charge on any atom is 0.343 e. The molecule has 0 bridgehead atoms. The first-order chi connectivity index (χ1) is 16.0. The monoisotopic (exact) mass is 450 g/mol. The molecule has 8 nitrogen and oxygen atoms in total. The third kappa shape index (κ3) is 5.27. The van der Waals surface area contributed by atoms with Crippen molar-refractivity contribution in [2.45, 2.75) is 6.10 Å². The van der Waals surface area contributed by atoms with E-state index in [9.17, 15) is 14.0 Å². The van der Waals surface area contributed by atoms with Crippen LogP contribution in [0.15, 0.2) is 71.8 Å². The SMILES string of the molecule is COc1cc(C=NNC(=O)C2COc3ccccc3O2)ccc1OC(=O)c1ccc(F)cc1. The fraction of sp³-hybridized carbons (Fsp3) is 0.125. The van der Waals surface area contributed by atoms with Crippen LogP contribution >= 0.6 is 0 Å². The number of hydrogen-bond donors (Lipinski definition) is 1. The molecule has 1 heterocycles. The van der Waals surface area contributed by atoms with Gasteiger partial charge in [0.15, 0.2) is 23.0 Å². The third-order valence-electron chi connectivity index (χ3n) is 4.66. The summed E-state index contributed by atoms with van der Waals surface area (Å²) >= 11 is 0. The zero-order chi connectivity index (χ0) is 23.2. The number of methoxy groups -OCH3 is 1.